The SMILES string of the molecule is COC(=O)c1ccc(S(=O)(=O)N[C@@H]2CN(C3CC3)C[C@@H]2C)o1. The van der Waals surface area contributed by atoms with Crippen LogP contribution in [0.1, 0.15) is 30.3 Å². The van der Waals surface area contributed by atoms with Crippen molar-refractivity contribution in [2.45, 2.75) is 36.9 Å². The second-order valence-electron chi connectivity index (χ2n) is 6.00. The van der Waals surface area contributed by atoms with Gasteiger partial charge in [0.15, 0.2) is 0 Å². The highest BCUT2D eigenvalue weighted by Gasteiger charge is 2.40. The van der Waals surface area contributed by atoms with Crippen LogP contribution in [0.4, 0.5) is 0 Å². The Kier molecular flexibility index (Phi) is 4.00. The van der Waals surface area contributed by atoms with Gasteiger partial charge in [-0.05, 0) is 30.9 Å². The molecule has 2 heterocycles. The van der Waals surface area contributed by atoms with E-state index in [1.165, 1.54) is 32.1 Å². The molecule has 0 spiro atoms. The molecule has 0 radical (unpaired) electrons. The zero-order chi connectivity index (χ0) is 15.9. The Morgan fingerprint density at radius 2 is 2.09 bits per heavy atom. The number of nitrogens with zero attached hydrogens (tertiary/aromatic N) is 1. The molecule has 0 unspecified atom stereocenters. The van der Waals surface area contributed by atoms with Crippen molar-refractivity contribution in [1.29, 1.82) is 0 Å². The van der Waals surface area contributed by atoms with E-state index < -0.39 is 16.0 Å². The first-order valence-electron chi connectivity index (χ1n) is 7.35. The maximum Gasteiger partial charge on any atom is 0.374 e. The van der Waals surface area contributed by atoms with Crippen LogP contribution < -0.4 is 4.72 Å². The number of carbonyl (C=O) groups excluding carboxylic acids is 1. The molecule has 8 heteroatoms. The predicted octanol–water partition coefficient (Wildman–Crippen LogP) is 0.827. The molecule has 0 amide bonds. The molecule has 1 aromatic rings. The normalized spacial score (nSPS) is 26.3. The van der Waals surface area contributed by atoms with E-state index in [0.717, 1.165) is 13.1 Å². The average molecular weight is 328 g/mol. The van der Waals surface area contributed by atoms with Crippen molar-refractivity contribution in [3.05, 3.63) is 17.9 Å². The summed E-state index contributed by atoms with van der Waals surface area (Å²) in [7, 11) is -2.57. The number of sulfonamides is 1. The van der Waals surface area contributed by atoms with Gasteiger partial charge in [-0.25, -0.2) is 17.9 Å². The lowest BCUT2D eigenvalue weighted by atomic mass is 10.1. The Bertz CT molecular complexity index is 665. The smallest absolute Gasteiger partial charge is 0.374 e. The van der Waals surface area contributed by atoms with Crippen molar-refractivity contribution < 1.29 is 22.4 Å². The molecule has 122 valence electrons. The van der Waals surface area contributed by atoms with Gasteiger partial charge in [-0.3, -0.25) is 4.90 Å². The molecule has 3 rings (SSSR count). The minimum atomic E-state index is -3.78. The van der Waals surface area contributed by atoms with Gasteiger partial charge in [-0.1, -0.05) is 6.92 Å². The number of hydrogen-bond acceptors (Lipinski definition) is 6. The van der Waals surface area contributed by atoms with Crippen molar-refractivity contribution in [2.75, 3.05) is 20.2 Å². The van der Waals surface area contributed by atoms with Crippen molar-refractivity contribution >= 4 is 16.0 Å². The second-order valence-corrected chi connectivity index (χ2v) is 7.65. The van der Waals surface area contributed by atoms with Crippen LogP contribution in [-0.2, 0) is 14.8 Å². The van der Waals surface area contributed by atoms with Crippen molar-refractivity contribution in [3.63, 3.8) is 0 Å². The fraction of sp³-hybridized carbons (Fsp3) is 0.643. The Hall–Kier alpha value is -1.38. The minimum Gasteiger partial charge on any atom is -0.463 e. The minimum absolute atomic E-state index is 0.123. The van der Waals surface area contributed by atoms with E-state index in [9.17, 15) is 13.2 Å². The van der Waals surface area contributed by atoms with Gasteiger partial charge < -0.3 is 9.15 Å². The third-order valence-electron chi connectivity index (χ3n) is 4.24. The predicted molar refractivity (Wildman–Crippen MR) is 77.9 cm³/mol. The van der Waals surface area contributed by atoms with Gasteiger partial charge in [-0.2, -0.15) is 0 Å². The molecule has 2 aliphatic rings. The Morgan fingerprint density at radius 1 is 1.36 bits per heavy atom. The van der Waals surface area contributed by atoms with Crippen LogP contribution in [0.5, 0.6) is 0 Å². The number of esters is 1. The zero-order valence-corrected chi connectivity index (χ0v) is 13.4. The number of hydrogen-bond donors (Lipinski definition) is 1. The molecule has 1 N–H and O–H groups in total. The largest absolute Gasteiger partial charge is 0.463 e. The fourth-order valence-electron chi connectivity index (χ4n) is 2.83. The molecule has 0 bridgehead atoms. The van der Waals surface area contributed by atoms with Gasteiger partial charge in [0.1, 0.15) is 0 Å². The fourth-order valence-corrected chi connectivity index (χ4v) is 4.10. The van der Waals surface area contributed by atoms with Crippen LogP contribution in [0.25, 0.3) is 0 Å². The first kappa shape index (κ1) is 15.5. The van der Waals surface area contributed by atoms with Crippen LogP contribution in [0.15, 0.2) is 21.6 Å². The van der Waals surface area contributed by atoms with E-state index in [1.54, 1.807) is 0 Å². The molecule has 1 saturated carbocycles. The summed E-state index contributed by atoms with van der Waals surface area (Å²) in [5.74, 6) is -0.581. The van der Waals surface area contributed by atoms with Crippen LogP contribution in [0, 0.1) is 5.92 Å². The molecule has 1 saturated heterocycles. The van der Waals surface area contributed by atoms with E-state index in [-0.39, 0.29) is 22.8 Å². The summed E-state index contributed by atoms with van der Waals surface area (Å²) in [5.41, 5.74) is 0. The summed E-state index contributed by atoms with van der Waals surface area (Å²) < 4.78 is 37.0. The molecule has 1 aliphatic heterocycles. The van der Waals surface area contributed by atoms with Gasteiger partial charge in [-0.15, -0.1) is 0 Å². The van der Waals surface area contributed by atoms with E-state index in [0.29, 0.717) is 6.04 Å². The Balaban J connectivity index is 1.70. The highest BCUT2D eigenvalue weighted by molar-refractivity contribution is 7.89. The zero-order valence-electron chi connectivity index (χ0n) is 12.6. The number of nitrogens with one attached hydrogen (secondary N) is 1. The van der Waals surface area contributed by atoms with Crippen molar-refractivity contribution in [1.82, 2.24) is 9.62 Å². The molecular weight excluding hydrogens is 308 g/mol. The maximum absolute atomic E-state index is 12.4. The third-order valence-corrected chi connectivity index (χ3v) is 5.61. The summed E-state index contributed by atoms with van der Waals surface area (Å²) in [4.78, 5) is 13.7. The number of carbonyl (C=O) groups is 1. The molecule has 2 fully saturated rings. The highest BCUT2D eigenvalue weighted by Crippen LogP contribution is 2.32. The summed E-state index contributed by atoms with van der Waals surface area (Å²) >= 11 is 0. The molecule has 7 nitrogen and oxygen atoms in total. The monoisotopic (exact) mass is 328 g/mol. The van der Waals surface area contributed by atoms with Crippen LogP contribution in [-0.4, -0.2) is 51.6 Å². The Morgan fingerprint density at radius 3 is 2.73 bits per heavy atom. The number of likely N-dealkylation sites (tertiary alicyclic amines) is 1. The maximum atomic E-state index is 12.4. The second kappa shape index (κ2) is 5.68. The lowest BCUT2D eigenvalue weighted by Gasteiger charge is -2.16. The first-order chi connectivity index (χ1) is 10.4. The van der Waals surface area contributed by atoms with Crippen LogP contribution in [0.3, 0.4) is 0 Å². The lowest BCUT2D eigenvalue weighted by Crippen LogP contribution is -2.39. The summed E-state index contributed by atoms with van der Waals surface area (Å²) in [5, 5.41) is -0.259. The highest BCUT2D eigenvalue weighted by atomic mass is 32.2. The summed E-state index contributed by atoms with van der Waals surface area (Å²) in [6, 6.07) is 3.05. The standard InChI is InChI=1S/C14H20N2O5S/c1-9-7-16(10-3-4-10)8-11(9)15-22(18,19)13-6-5-12(21-13)14(17)20-2/h5-6,9-11,15H,3-4,7-8H2,1-2H3/t9-,11+/m0/s1. The molecule has 2 atom stereocenters. The number of furan rings is 1. The topological polar surface area (TPSA) is 88.8 Å². The van der Waals surface area contributed by atoms with Crippen molar-refractivity contribution in [3.8, 4) is 0 Å². The molecular formula is C14H20N2O5S. The molecule has 22 heavy (non-hydrogen) atoms. The van der Waals surface area contributed by atoms with E-state index in [2.05, 4.69) is 14.4 Å². The third kappa shape index (κ3) is 3.04. The van der Waals surface area contributed by atoms with Gasteiger partial charge in [0.05, 0.1) is 7.11 Å². The number of ether oxygens (including phenoxy) is 1. The summed E-state index contributed by atoms with van der Waals surface area (Å²) in [6.45, 7) is 3.66. The van der Waals surface area contributed by atoms with Gasteiger partial charge in [0.25, 0.3) is 10.0 Å². The molecule has 1 aliphatic carbocycles. The Labute approximate surface area is 129 Å². The molecule has 0 aromatic carbocycles. The van der Waals surface area contributed by atoms with E-state index >= 15 is 0 Å². The van der Waals surface area contributed by atoms with E-state index in [4.69, 9.17) is 4.42 Å². The molecule has 1 aromatic heterocycles. The number of rotatable bonds is 5. The van der Waals surface area contributed by atoms with Crippen LogP contribution >= 0.6 is 0 Å². The van der Waals surface area contributed by atoms with Gasteiger partial charge >= 0.3 is 5.97 Å². The van der Waals surface area contributed by atoms with Gasteiger partial charge in [0, 0.05) is 25.2 Å². The van der Waals surface area contributed by atoms with Crippen molar-refractivity contribution in [2.24, 2.45) is 5.92 Å². The average Bonchev–Trinajstić information content (AvgIpc) is 3.08. The first-order valence-corrected chi connectivity index (χ1v) is 8.83. The van der Waals surface area contributed by atoms with E-state index in [1.807, 2.05) is 6.92 Å². The summed E-state index contributed by atoms with van der Waals surface area (Å²) in [6.07, 6.45) is 2.40. The quantitative estimate of drug-likeness (QED) is 0.805. The van der Waals surface area contributed by atoms with Gasteiger partial charge in [0.2, 0.25) is 10.9 Å². The number of methoxy groups -OCH3 is 1. The lowest BCUT2D eigenvalue weighted by molar-refractivity contribution is 0.0559. The van der Waals surface area contributed by atoms with Crippen LogP contribution in [0.2, 0.25) is 0 Å².